The molecule has 17 heteroatoms. The van der Waals surface area contributed by atoms with Gasteiger partial charge in [-0.25, -0.2) is 22.5 Å². The summed E-state index contributed by atoms with van der Waals surface area (Å²) >= 11 is 6.61. The van der Waals surface area contributed by atoms with Crippen molar-refractivity contribution >= 4 is 40.1 Å². The molecule has 1 aliphatic rings. The van der Waals surface area contributed by atoms with E-state index in [1.807, 2.05) is 0 Å². The zero-order valence-corrected chi connectivity index (χ0v) is 31.7. The number of aromatic nitrogens is 5. The Bertz CT molecular complexity index is 2430. The van der Waals surface area contributed by atoms with Gasteiger partial charge in [-0.3, -0.25) is 19.0 Å². The highest BCUT2D eigenvalue weighted by Gasteiger charge is 2.55. The number of anilines is 1. The molecular weight excluding hydrogens is 764 g/mol. The molecule has 56 heavy (non-hydrogen) atoms. The highest BCUT2D eigenvalue weighted by molar-refractivity contribution is 6.37. The Hall–Kier alpha value is -5.40. The Morgan fingerprint density at radius 2 is 1.70 bits per heavy atom. The molecule has 3 N–H and O–H groups in total. The summed E-state index contributed by atoms with van der Waals surface area (Å²) in [4.78, 5) is 30.7. The quantitative estimate of drug-likeness (QED) is 0.104. The first-order valence-corrected chi connectivity index (χ1v) is 17.7. The van der Waals surface area contributed by atoms with Gasteiger partial charge in [0, 0.05) is 42.6 Å². The summed E-state index contributed by atoms with van der Waals surface area (Å²) in [6.07, 6.45) is -3.51. The normalized spacial score (nSPS) is 16.8. The van der Waals surface area contributed by atoms with Crippen LogP contribution in [0.4, 0.5) is 32.2 Å². The number of hydrogen-bond donors (Lipinski definition) is 3. The van der Waals surface area contributed by atoms with E-state index in [0.29, 0.717) is 32.8 Å². The molecule has 6 rings (SSSR count). The molecule has 3 heterocycles. The molecule has 3 aromatic heterocycles. The fraction of sp³-hybridized carbons (Fsp3) is 0.359. The van der Waals surface area contributed by atoms with E-state index in [-0.39, 0.29) is 39.8 Å². The van der Waals surface area contributed by atoms with Crippen molar-refractivity contribution < 1.29 is 41.0 Å². The maximum Gasteiger partial charge on any atom is 0.292 e. The summed E-state index contributed by atoms with van der Waals surface area (Å²) in [5, 5.41) is 24.5. The van der Waals surface area contributed by atoms with E-state index < -0.39 is 77.2 Å². The zero-order valence-electron chi connectivity index (χ0n) is 30.9. The second-order valence-electron chi connectivity index (χ2n) is 14.3. The maximum atomic E-state index is 15.6. The molecular formula is C39H36ClF6N7O3. The molecule has 3 atom stereocenters. The number of pyridine rings is 1. The second-order valence-corrected chi connectivity index (χ2v) is 14.7. The third-order valence-electron chi connectivity index (χ3n) is 9.58. The van der Waals surface area contributed by atoms with Crippen LogP contribution in [0.15, 0.2) is 42.5 Å². The lowest BCUT2D eigenvalue weighted by molar-refractivity contribution is -0.123. The topological polar surface area (TPSA) is 127 Å². The van der Waals surface area contributed by atoms with E-state index in [4.69, 9.17) is 16.6 Å². The molecule has 0 bridgehead atoms. The van der Waals surface area contributed by atoms with Crippen LogP contribution in [-0.2, 0) is 35.5 Å². The third-order valence-corrected chi connectivity index (χ3v) is 9.90. The van der Waals surface area contributed by atoms with Crippen LogP contribution in [0.3, 0.4) is 0 Å². The number of carbonyl (C=O) groups excluding carboxylic acids is 2. The number of nitrogens with one attached hydrogen (secondary N) is 2. The number of halogens is 7. The Morgan fingerprint density at radius 1 is 1.04 bits per heavy atom. The van der Waals surface area contributed by atoms with Gasteiger partial charge in [0.05, 0.1) is 27.7 Å². The van der Waals surface area contributed by atoms with Gasteiger partial charge in [0.1, 0.15) is 40.9 Å². The van der Waals surface area contributed by atoms with Gasteiger partial charge < -0.3 is 15.7 Å². The summed E-state index contributed by atoms with van der Waals surface area (Å²) in [5.41, 5.74) is -1.97. The van der Waals surface area contributed by atoms with E-state index in [2.05, 4.69) is 32.7 Å². The number of fused-ring (bicyclic) bond motifs is 2. The number of nitrogens with zero attached hydrogens (tertiary/aromatic N) is 5. The lowest BCUT2D eigenvalue weighted by Crippen LogP contribution is -2.35. The van der Waals surface area contributed by atoms with E-state index in [0.717, 1.165) is 12.1 Å². The number of rotatable bonds is 9. The largest absolute Gasteiger partial charge is 0.378 e. The molecule has 0 saturated carbocycles. The van der Waals surface area contributed by atoms with E-state index in [1.165, 1.54) is 45.4 Å². The van der Waals surface area contributed by atoms with Crippen molar-refractivity contribution in [1.29, 1.82) is 0 Å². The van der Waals surface area contributed by atoms with Crippen LogP contribution < -0.4 is 10.6 Å². The van der Waals surface area contributed by atoms with Crippen LogP contribution in [0.5, 0.6) is 0 Å². The van der Waals surface area contributed by atoms with Crippen molar-refractivity contribution in [2.24, 2.45) is 13.0 Å². The van der Waals surface area contributed by atoms with Crippen molar-refractivity contribution in [1.82, 2.24) is 29.9 Å². The average Bonchev–Trinajstić information content (AvgIpc) is 3.69. The van der Waals surface area contributed by atoms with E-state index in [9.17, 15) is 32.3 Å². The first-order chi connectivity index (χ1) is 26.2. The van der Waals surface area contributed by atoms with Crippen molar-refractivity contribution in [2.75, 3.05) is 5.32 Å². The van der Waals surface area contributed by atoms with Crippen molar-refractivity contribution in [3.8, 4) is 23.0 Å². The highest BCUT2D eigenvalue weighted by atomic mass is 35.5. The molecule has 2 amide bonds. The first-order valence-electron chi connectivity index (χ1n) is 17.4. The molecule has 0 aliphatic heterocycles. The number of aryl methyl sites for hydroxylation is 1. The molecule has 10 nitrogen and oxygen atoms in total. The number of alkyl halides is 4. The molecule has 0 spiro atoms. The number of hydrogen-bond acceptors (Lipinski definition) is 6. The molecule has 0 fully saturated rings. The SMILES string of the molecule is CC(=O)Nc1nn(C)c2c(-c3ccc(C#CC(C)(C)O)nc3[C@H](Cc3cc(F)cc(F)c3)NC(=O)Cn3nc(C(F)F)c4c3C(F)(F)[C@H](C)[C@@H]4C)ccc(Cl)c12. The third kappa shape index (κ3) is 7.83. The van der Waals surface area contributed by atoms with Crippen molar-refractivity contribution in [2.45, 2.75) is 77.5 Å². The molecule has 294 valence electrons. The molecule has 0 radical (unpaired) electrons. The van der Waals surface area contributed by atoms with Crippen LogP contribution in [-0.4, -0.2) is 47.1 Å². The fourth-order valence-electron chi connectivity index (χ4n) is 7.01. The van der Waals surface area contributed by atoms with Gasteiger partial charge in [-0.1, -0.05) is 37.4 Å². The maximum absolute atomic E-state index is 15.6. The van der Waals surface area contributed by atoms with Crippen LogP contribution in [0, 0.1) is 29.4 Å². The Balaban J connectivity index is 1.54. The van der Waals surface area contributed by atoms with E-state index >= 15 is 8.78 Å². The summed E-state index contributed by atoms with van der Waals surface area (Å²) in [5.74, 6) is -3.55. The van der Waals surface area contributed by atoms with Gasteiger partial charge >= 0.3 is 0 Å². The van der Waals surface area contributed by atoms with Gasteiger partial charge in [0.2, 0.25) is 11.8 Å². The second kappa shape index (κ2) is 14.9. The minimum absolute atomic E-state index is 0.0670. The van der Waals surface area contributed by atoms with Crippen molar-refractivity contribution in [3.05, 3.63) is 93.0 Å². The van der Waals surface area contributed by atoms with Gasteiger partial charge in [-0.05, 0) is 68.0 Å². The minimum atomic E-state index is -3.59. The molecule has 0 saturated heterocycles. The fourth-order valence-corrected chi connectivity index (χ4v) is 7.25. The Kier molecular flexibility index (Phi) is 10.7. The standard InChI is InChI=1S/C39H36ClF6N7O3/c1-18-19(2)39(45,46)35-30(18)33(36(43)44)50-53(35)17-29(55)49-28(15-21-13-22(41)16-23(42)14-21)32-25(8-7-24(48-32)11-12-38(4,5)56)26-9-10-27(40)31-34(26)52(6)51-37(31)47-20(3)54/h7-10,13-14,16,18-19,28,36,56H,15,17H2,1-6H3,(H,49,55)(H,47,51,54)/t18-,19+,28-/m0/s1. The lowest BCUT2D eigenvalue weighted by Gasteiger charge is -2.23. The zero-order chi connectivity index (χ0) is 41.0. The van der Waals surface area contributed by atoms with Crippen LogP contribution in [0.2, 0.25) is 5.02 Å². The molecule has 2 aromatic carbocycles. The minimum Gasteiger partial charge on any atom is -0.378 e. The predicted molar refractivity (Wildman–Crippen MR) is 196 cm³/mol. The summed E-state index contributed by atoms with van der Waals surface area (Å²) < 4.78 is 90.5. The van der Waals surface area contributed by atoms with Gasteiger partial charge in [0.25, 0.3) is 12.3 Å². The number of amides is 2. The molecule has 1 aliphatic carbocycles. The van der Waals surface area contributed by atoms with Crippen molar-refractivity contribution in [3.63, 3.8) is 0 Å². The molecule has 0 unspecified atom stereocenters. The van der Waals surface area contributed by atoms with E-state index in [1.54, 1.807) is 25.2 Å². The summed E-state index contributed by atoms with van der Waals surface area (Å²) in [7, 11) is 1.60. The molecule has 5 aromatic rings. The summed E-state index contributed by atoms with van der Waals surface area (Å²) in [6.45, 7) is 5.91. The average molecular weight is 800 g/mol. The van der Waals surface area contributed by atoms with Crippen LogP contribution in [0.1, 0.15) is 86.9 Å². The van der Waals surface area contributed by atoms with Gasteiger partial charge in [0.15, 0.2) is 5.82 Å². The Labute approximate surface area is 322 Å². The van der Waals surface area contributed by atoms with Gasteiger partial charge in [-0.15, -0.1) is 0 Å². The highest BCUT2D eigenvalue weighted by Crippen LogP contribution is 2.54. The summed E-state index contributed by atoms with van der Waals surface area (Å²) in [6, 6.07) is 7.79. The number of carbonyl (C=O) groups is 2. The number of aliphatic hydroxyl groups is 1. The number of benzene rings is 2. The monoisotopic (exact) mass is 799 g/mol. The van der Waals surface area contributed by atoms with Crippen LogP contribution >= 0.6 is 11.6 Å². The van der Waals surface area contributed by atoms with Crippen LogP contribution in [0.25, 0.3) is 22.0 Å². The Morgan fingerprint density at radius 3 is 2.32 bits per heavy atom. The van der Waals surface area contributed by atoms with Gasteiger partial charge in [-0.2, -0.15) is 19.0 Å². The predicted octanol–water partition coefficient (Wildman–Crippen LogP) is 7.73. The smallest absolute Gasteiger partial charge is 0.292 e. The first kappa shape index (κ1) is 40.3. The lowest BCUT2D eigenvalue weighted by atomic mass is 9.93.